The summed E-state index contributed by atoms with van der Waals surface area (Å²) in [4.78, 5) is 0. The van der Waals surface area contributed by atoms with Crippen molar-refractivity contribution in [2.75, 3.05) is 0 Å². The van der Waals surface area contributed by atoms with Gasteiger partial charge in [0.25, 0.3) is 0 Å². The first-order valence-electron chi connectivity index (χ1n) is 9.41. The van der Waals surface area contributed by atoms with Crippen LogP contribution in [-0.4, -0.2) is 0 Å². The molecule has 0 aliphatic carbocycles. The van der Waals surface area contributed by atoms with Gasteiger partial charge in [0.15, 0.2) is 11.7 Å². The summed E-state index contributed by atoms with van der Waals surface area (Å²) in [5, 5.41) is 0.993. The van der Waals surface area contributed by atoms with Gasteiger partial charge >= 0.3 is 0 Å². The van der Waals surface area contributed by atoms with Gasteiger partial charge in [0.2, 0.25) is 0 Å². The molecule has 0 saturated carbocycles. The van der Waals surface area contributed by atoms with Gasteiger partial charge in [-0.1, -0.05) is 75.2 Å². The first kappa shape index (κ1) is 19.2. The van der Waals surface area contributed by atoms with Crippen LogP contribution in [0.25, 0.3) is 22.4 Å². The second kappa shape index (κ2) is 8.43. The summed E-state index contributed by atoms with van der Waals surface area (Å²) in [5.74, 6) is -2.94. The van der Waals surface area contributed by atoms with E-state index in [0.717, 1.165) is 36.8 Å². The molecule has 0 amide bonds. The number of hydrogen-bond acceptors (Lipinski definition) is 0. The molecule has 3 heteroatoms. The molecule has 0 fully saturated rings. The van der Waals surface area contributed by atoms with E-state index in [0.29, 0.717) is 10.8 Å². The zero-order valence-electron chi connectivity index (χ0n) is 15.7. The zero-order valence-corrected chi connectivity index (χ0v) is 15.7. The van der Waals surface area contributed by atoms with Crippen molar-refractivity contribution in [3.8, 4) is 0 Å². The minimum absolute atomic E-state index is 0.116. The number of aryl methyl sites for hydroxylation is 2. The van der Waals surface area contributed by atoms with Crippen LogP contribution in [0.3, 0.4) is 0 Å². The van der Waals surface area contributed by atoms with E-state index in [4.69, 9.17) is 0 Å². The third-order valence-corrected chi connectivity index (χ3v) is 4.73. The Bertz CT molecular complexity index is 969. The maximum Gasteiger partial charge on any atom is 0.169 e. The molecule has 0 bridgehead atoms. The molecule has 3 rings (SSSR count). The van der Waals surface area contributed by atoms with Crippen molar-refractivity contribution in [1.82, 2.24) is 0 Å². The molecule has 0 aliphatic rings. The highest BCUT2D eigenvalue weighted by atomic mass is 19.2. The quantitative estimate of drug-likeness (QED) is 0.392. The summed E-state index contributed by atoms with van der Waals surface area (Å²) in [5.41, 5.74) is 1.94. The molecule has 0 heterocycles. The Balaban J connectivity index is 2.00. The van der Waals surface area contributed by atoms with Gasteiger partial charge in [-0.3, -0.25) is 0 Å². The average molecular weight is 368 g/mol. The highest BCUT2D eigenvalue weighted by Crippen LogP contribution is 2.33. The summed E-state index contributed by atoms with van der Waals surface area (Å²) < 4.78 is 44.2. The van der Waals surface area contributed by atoms with E-state index >= 15 is 0 Å². The third-order valence-electron chi connectivity index (χ3n) is 4.73. The molecule has 140 valence electrons. The SMILES string of the molecule is CCCc1ccc(C(F)=C(F)c2ccc3cc(CCC)ccc3c2F)cc1. The van der Waals surface area contributed by atoms with Crippen molar-refractivity contribution >= 4 is 22.4 Å². The van der Waals surface area contributed by atoms with Crippen LogP contribution in [0.5, 0.6) is 0 Å². The number of rotatable bonds is 6. The molecule has 0 unspecified atom stereocenters. The van der Waals surface area contributed by atoms with Gasteiger partial charge in [-0.15, -0.1) is 0 Å². The number of benzene rings is 3. The normalized spacial score (nSPS) is 12.3. The maximum absolute atomic E-state index is 14.8. The summed E-state index contributed by atoms with van der Waals surface area (Å²) >= 11 is 0. The minimum atomic E-state index is -1.17. The molecular weight excluding hydrogens is 345 g/mol. The van der Waals surface area contributed by atoms with Crippen LogP contribution in [0.15, 0.2) is 54.6 Å². The van der Waals surface area contributed by atoms with E-state index in [2.05, 4.69) is 13.8 Å². The van der Waals surface area contributed by atoms with E-state index in [1.807, 2.05) is 12.1 Å². The summed E-state index contributed by atoms with van der Waals surface area (Å²) in [6, 6.07) is 15.0. The van der Waals surface area contributed by atoms with Crippen LogP contribution in [0.1, 0.15) is 48.9 Å². The molecule has 0 aliphatic heterocycles. The van der Waals surface area contributed by atoms with Crippen molar-refractivity contribution in [2.45, 2.75) is 39.5 Å². The van der Waals surface area contributed by atoms with Crippen LogP contribution in [0.4, 0.5) is 13.2 Å². The topological polar surface area (TPSA) is 0 Å². The molecule has 0 nitrogen and oxygen atoms in total. The molecule has 0 saturated heterocycles. The zero-order chi connectivity index (χ0) is 19.4. The average Bonchev–Trinajstić information content (AvgIpc) is 2.68. The first-order chi connectivity index (χ1) is 13.0. The van der Waals surface area contributed by atoms with Crippen LogP contribution in [-0.2, 0) is 12.8 Å². The fraction of sp³-hybridized carbons (Fsp3) is 0.250. The number of hydrogen-bond donors (Lipinski definition) is 0. The fourth-order valence-electron chi connectivity index (χ4n) is 3.31. The van der Waals surface area contributed by atoms with Crippen molar-refractivity contribution in [1.29, 1.82) is 0 Å². The van der Waals surface area contributed by atoms with Gasteiger partial charge in [-0.2, -0.15) is 0 Å². The Labute approximate surface area is 158 Å². The minimum Gasteiger partial charge on any atom is -0.206 e. The Morgan fingerprint density at radius 2 is 1.37 bits per heavy atom. The van der Waals surface area contributed by atoms with Gasteiger partial charge in [0.1, 0.15) is 5.82 Å². The first-order valence-corrected chi connectivity index (χ1v) is 9.41. The predicted octanol–water partition coefficient (Wildman–Crippen LogP) is 7.65. The Hall–Kier alpha value is -2.55. The smallest absolute Gasteiger partial charge is 0.169 e. The second-order valence-electron chi connectivity index (χ2n) is 6.81. The van der Waals surface area contributed by atoms with Gasteiger partial charge in [0, 0.05) is 16.5 Å². The molecular formula is C24H23F3. The Morgan fingerprint density at radius 1 is 0.741 bits per heavy atom. The molecule has 0 radical (unpaired) electrons. The lowest BCUT2D eigenvalue weighted by atomic mass is 10.00. The molecule has 0 atom stereocenters. The van der Waals surface area contributed by atoms with Gasteiger partial charge < -0.3 is 0 Å². The molecule has 27 heavy (non-hydrogen) atoms. The highest BCUT2D eigenvalue weighted by molar-refractivity contribution is 5.91. The van der Waals surface area contributed by atoms with Crippen LogP contribution in [0.2, 0.25) is 0 Å². The van der Waals surface area contributed by atoms with Crippen molar-refractivity contribution in [3.05, 3.63) is 82.7 Å². The van der Waals surface area contributed by atoms with Gasteiger partial charge in [-0.05, 0) is 35.4 Å². The summed E-state index contributed by atoms with van der Waals surface area (Å²) in [6.45, 7) is 4.13. The number of fused-ring (bicyclic) bond motifs is 1. The number of halogens is 3. The van der Waals surface area contributed by atoms with Crippen molar-refractivity contribution in [2.24, 2.45) is 0 Å². The van der Waals surface area contributed by atoms with E-state index in [1.54, 1.807) is 24.3 Å². The summed E-state index contributed by atoms with van der Waals surface area (Å²) in [6.07, 6.45) is 3.75. The standard InChI is InChI=1S/C24H23F3/c1-3-5-16-7-10-18(11-8-16)22(25)24(27)21-14-12-19-15-17(6-4-2)9-13-20(19)23(21)26/h7-15H,3-6H2,1-2H3. The molecule has 0 N–H and O–H groups in total. The predicted molar refractivity (Wildman–Crippen MR) is 107 cm³/mol. The van der Waals surface area contributed by atoms with Crippen LogP contribution in [0, 0.1) is 5.82 Å². The molecule has 0 aromatic heterocycles. The van der Waals surface area contributed by atoms with Crippen LogP contribution >= 0.6 is 0 Å². The monoisotopic (exact) mass is 368 g/mol. The van der Waals surface area contributed by atoms with Crippen LogP contribution < -0.4 is 0 Å². The summed E-state index contributed by atoms with van der Waals surface area (Å²) in [7, 11) is 0. The lowest BCUT2D eigenvalue weighted by Crippen LogP contribution is -1.93. The van der Waals surface area contributed by atoms with Crippen molar-refractivity contribution in [3.63, 3.8) is 0 Å². The Morgan fingerprint density at radius 3 is 2.04 bits per heavy atom. The van der Waals surface area contributed by atoms with Gasteiger partial charge in [0.05, 0.1) is 0 Å². The lowest BCUT2D eigenvalue weighted by molar-refractivity contribution is 0.622. The largest absolute Gasteiger partial charge is 0.206 e. The Kier molecular flexibility index (Phi) is 6.00. The van der Waals surface area contributed by atoms with Crippen molar-refractivity contribution < 1.29 is 13.2 Å². The molecule has 3 aromatic carbocycles. The maximum atomic E-state index is 14.8. The lowest BCUT2D eigenvalue weighted by Gasteiger charge is -2.08. The molecule has 0 spiro atoms. The van der Waals surface area contributed by atoms with E-state index in [1.165, 1.54) is 18.2 Å². The highest BCUT2D eigenvalue weighted by Gasteiger charge is 2.17. The van der Waals surface area contributed by atoms with E-state index < -0.39 is 17.5 Å². The molecule has 3 aromatic rings. The van der Waals surface area contributed by atoms with Gasteiger partial charge in [-0.25, -0.2) is 13.2 Å². The fourth-order valence-corrected chi connectivity index (χ4v) is 3.31. The second-order valence-corrected chi connectivity index (χ2v) is 6.81. The van der Waals surface area contributed by atoms with E-state index in [-0.39, 0.29) is 11.1 Å². The third kappa shape index (κ3) is 4.08. The van der Waals surface area contributed by atoms with E-state index in [9.17, 15) is 13.2 Å².